The lowest BCUT2D eigenvalue weighted by Crippen LogP contribution is -2.33. The minimum atomic E-state index is -0.0664. The minimum Gasteiger partial charge on any atom is -0.345 e. The molecule has 1 unspecified atom stereocenters. The summed E-state index contributed by atoms with van der Waals surface area (Å²) in [6.45, 7) is 4.80. The van der Waals surface area contributed by atoms with Gasteiger partial charge in [0.25, 0.3) is 0 Å². The molecule has 0 aliphatic heterocycles. The molecule has 1 atom stereocenters. The van der Waals surface area contributed by atoms with Crippen molar-refractivity contribution >= 4 is 5.91 Å². The number of nitrogens with two attached hydrogens (primary N) is 1. The number of likely N-dealkylation sites (N-methyl/N-ethyl adjacent to an activating group) is 1. The van der Waals surface area contributed by atoms with Crippen molar-refractivity contribution in [1.82, 2.24) is 4.90 Å². The van der Waals surface area contributed by atoms with E-state index in [0.717, 1.165) is 19.4 Å². The van der Waals surface area contributed by atoms with Crippen LogP contribution >= 0.6 is 0 Å². The zero-order chi connectivity index (χ0) is 14.3. The van der Waals surface area contributed by atoms with Crippen LogP contribution < -0.4 is 5.73 Å². The van der Waals surface area contributed by atoms with Gasteiger partial charge in [-0.1, -0.05) is 37.6 Å². The van der Waals surface area contributed by atoms with E-state index in [1.807, 2.05) is 14.0 Å². The lowest BCUT2D eigenvalue weighted by atomic mass is 10.1. The van der Waals surface area contributed by atoms with Crippen molar-refractivity contribution in [2.75, 3.05) is 13.6 Å². The molecule has 0 fully saturated rings. The molecule has 1 amide bonds. The van der Waals surface area contributed by atoms with Gasteiger partial charge in [-0.2, -0.15) is 0 Å². The van der Waals surface area contributed by atoms with Gasteiger partial charge in [-0.15, -0.1) is 0 Å². The highest BCUT2D eigenvalue weighted by molar-refractivity contribution is 5.76. The van der Waals surface area contributed by atoms with E-state index in [-0.39, 0.29) is 11.9 Å². The van der Waals surface area contributed by atoms with Crippen LogP contribution in [0.1, 0.15) is 37.8 Å². The molecule has 106 valence electrons. The Morgan fingerprint density at radius 2 is 1.74 bits per heavy atom. The SMILES string of the molecule is CCCc1ccc(CCN(C)C(=O)CC(C)N)cc1. The van der Waals surface area contributed by atoms with Crippen LogP contribution in [0.15, 0.2) is 24.3 Å². The van der Waals surface area contributed by atoms with Crippen LogP contribution in [0.5, 0.6) is 0 Å². The number of benzene rings is 1. The predicted molar refractivity (Wildman–Crippen MR) is 80.0 cm³/mol. The summed E-state index contributed by atoms with van der Waals surface area (Å²) in [5.74, 6) is 0.123. The van der Waals surface area contributed by atoms with Gasteiger partial charge in [0.2, 0.25) is 5.91 Å². The maximum Gasteiger partial charge on any atom is 0.223 e. The highest BCUT2D eigenvalue weighted by Crippen LogP contribution is 2.08. The molecular formula is C16H26N2O. The third kappa shape index (κ3) is 5.88. The fourth-order valence-corrected chi connectivity index (χ4v) is 2.01. The number of nitrogens with zero attached hydrogens (tertiary/aromatic N) is 1. The van der Waals surface area contributed by atoms with Gasteiger partial charge in [-0.05, 0) is 30.9 Å². The maximum absolute atomic E-state index is 11.8. The van der Waals surface area contributed by atoms with Crippen LogP contribution in [0.4, 0.5) is 0 Å². The summed E-state index contributed by atoms with van der Waals surface area (Å²) in [5, 5.41) is 0. The molecule has 0 bridgehead atoms. The first-order valence-corrected chi connectivity index (χ1v) is 7.10. The maximum atomic E-state index is 11.8. The molecule has 1 rings (SSSR count). The summed E-state index contributed by atoms with van der Waals surface area (Å²) in [7, 11) is 1.84. The molecule has 0 saturated heterocycles. The molecule has 0 spiro atoms. The van der Waals surface area contributed by atoms with Gasteiger partial charge in [0.05, 0.1) is 0 Å². The first-order valence-electron chi connectivity index (χ1n) is 7.10. The first kappa shape index (κ1) is 15.7. The Morgan fingerprint density at radius 1 is 1.21 bits per heavy atom. The fourth-order valence-electron chi connectivity index (χ4n) is 2.01. The smallest absolute Gasteiger partial charge is 0.223 e. The molecule has 0 aliphatic carbocycles. The zero-order valence-electron chi connectivity index (χ0n) is 12.4. The number of rotatable bonds is 7. The van der Waals surface area contributed by atoms with E-state index in [4.69, 9.17) is 5.73 Å². The average molecular weight is 262 g/mol. The highest BCUT2D eigenvalue weighted by Gasteiger charge is 2.10. The van der Waals surface area contributed by atoms with Crippen LogP contribution in [0, 0.1) is 0 Å². The standard InChI is InChI=1S/C16H26N2O/c1-4-5-14-6-8-15(9-7-14)10-11-18(3)16(19)12-13(2)17/h6-9,13H,4-5,10-12,17H2,1-3H3. The van der Waals surface area contributed by atoms with E-state index in [0.29, 0.717) is 6.42 Å². The van der Waals surface area contributed by atoms with Gasteiger partial charge in [0.15, 0.2) is 0 Å². The highest BCUT2D eigenvalue weighted by atomic mass is 16.2. The molecule has 0 aliphatic rings. The van der Waals surface area contributed by atoms with Crippen molar-refractivity contribution in [1.29, 1.82) is 0 Å². The third-order valence-electron chi connectivity index (χ3n) is 3.22. The van der Waals surface area contributed by atoms with Gasteiger partial charge < -0.3 is 10.6 Å². The second-order valence-electron chi connectivity index (χ2n) is 5.31. The number of hydrogen-bond donors (Lipinski definition) is 1. The summed E-state index contributed by atoms with van der Waals surface area (Å²) >= 11 is 0. The predicted octanol–water partition coefficient (Wildman–Crippen LogP) is 2.38. The summed E-state index contributed by atoms with van der Waals surface area (Å²) in [5.41, 5.74) is 8.30. The Labute approximate surface area is 116 Å². The van der Waals surface area contributed by atoms with Crippen molar-refractivity contribution in [3.63, 3.8) is 0 Å². The number of aryl methyl sites for hydroxylation is 1. The number of carbonyl (C=O) groups excluding carboxylic acids is 1. The number of hydrogen-bond acceptors (Lipinski definition) is 2. The van der Waals surface area contributed by atoms with E-state index in [1.54, 1.807) is 4.90 Å². The van der Waals surface area contributed by atoms with Crippen LogP contribution in [-0.4, -0.2) is 30.4 Å². The number of amides is 1. The summed E-state index contributed by atoms with van der Waals surface area (Å²) in [6, 6.07) is 8.62. The van der Waals surface area contributed by atoms with Crippen LogP contribution in [-0.2, 0) is 17.6 Å². The van der Waals surface area contributed by atoms with Gasteiger partial charge in [0.1, 0.15) is 0 Å². The molecule has 0 heterocycles. The van der Waals surface area contributed by atoms with E-state index in [2.05, 4.69) is 31.2 Å². The van der Waals surface area contributed by atoms with Gasteiger partial charge in [-0.3, -0.25) is 4.79 Å². The molecular weight excluding hydrogens is 236 g/mol. The van der Waals surface area contributed by atoms with Crippen LogP contribution in [0.2, 0.25) is 0 Å². The third-order valence-corrected chi connectivity index (χ3v) is 3.22. The molecule has 1 aromatic carbocycles. The van der Waals surface area contributed by atoms with Crippen LogP contribution in [0.25, 0.3) is 0 Å². The molecule has 2 N–H and O–H groups in total. The lowest BCUT2D eigenvalue weighted by Gasteiger charge is -2.18. The van der Waals surface area contributed by atoms with Crippen molar-refractivity contribution in [3.05, 3.63) is 35.4 Å². The van der Waals surface area contributed by atoms with Gasteiger partial charge >= 0.3 is 0 Å². The molecule has 0 radical (unpaired) electrons. The minimum absolute atomic E-state index is 0.0664. The summed E-state index contributed by atoms with van der Waals surface area (Å²) in [6.07, 6.45) is 3.63. The average Bonchev–Trinajstić information content (AvgIpc) is 2.37. The fraction of sp³-hybridized carbons (Fsp3) is 0.562. The first-order chi connectivity index (χ1) is 9.02. The molecule has 3 nitrogen and oxygen atoms in total. The van der Waals surface area contributed by atoms with Gasteiger partial charge in [0, 0.05) is 26.1 Å². The number of carbonyl (C=O) groups is 1. The Morgan fingerprint density at radius 3 is 2.21 bits per heavy atom. The second-order valence-corrected chi connectivity index (χ2v) is 5.31. The quantitative estimate of drug-likeness (QED) is 0.820. The van der Waals surface area contributed by atoms with Crippen molar-refractivity contribution in [2.45, 2.75) is 45.6 Å². The largest absolute Gasteiger partial charge is 0.345 e. The Balaban J connectivity index is 2.41. The van der Waals surface area contributed by atoms with E-state index in [9.17, 15) is 4.79 Å². The molecule has 0 saturated carbocycles. The Hall–Kier alpha value is -1.35. The summed E-state index contributed by atoms with van der Waals surface area (Å²) in [4.78, 5) is 13.5. The van der Waals surface area contributed by atoms with Crippen molar-refractivity contribution in [3.8, 4) is 0 Å². The molecule has 1 aromatic rings. The normalized spacial score (nSPS) is 12.2. The topological polar surface area (TPSA) is 46.3 Å². The van der Waals surface area contributed by atoms with E-state index >= 15 is 0 Å². The Bertz CT molecular complexity index is 384. The summed E-state index contributed by atoms with van der Waals surface area (Å²) < 4.78 is 0. The molecule has 0 aromatic heterocycles. The van der Waals surface area contributed by atoms with E-state index in [1.165, 1.54) is 17.5 Å². The molecule has 3 heteroatoms. The zero-order valence-corrected chi connectivity index (χ0v) is 12.4. The van der Waals surface area contributed by atoms with Crippen LogP contribution in [0.3, 0.4) is 0 Å². The Kier molecular flexibility index (Phi) is 6.57. The van der Waals surface area contributed by atoms with Crippen molar-refractivity contribution < 1.29 is 4.79 Å². The van der Waals surface area contributed by atoms with Gasteiger partial charge in [-0.25, -0.2) is 0 Å². The van der Waals surface area contributed by atoms with E-state index < -0.39 is 0 Å². The lowest BCUT2D eigenvalue weighted by molar-refractivity contribution is -0.130. The molecule has 19 heavy (non-hydrogen) atoms. The second kappa shape index (κ2) is 7.95. The monoisotopic (exact) mass is 262 g/mol. The van der Waals surface area contributed by atoms with Crippen molar-refractivity contribution in [2.24, 2.45) is 5.73 Å².